The van der Waals surface area contributed by atoms with Crippen LogP contribution in [0, 0.1) is 5.92 Å². The Labute approximate surface area is 101 Å². The molecule has 0 bridgehead atoms. The van der Waals surface area contributed by atoms with Crippen LogP contribution in [0.4, 0.5) is 0 Å². The highest BCUT2D eigenvalue weighted by Crippen LogP contribution is 2.11. The molecule has 0 saturated carbocycles. The van der Waals surface area contributed by atoms with E-state index < -0.39 is 0 Å². The number of nitrogens with one attached hydrogen (secondary N) is 1. The van der Waals surface area contributed by atoms with Gasteiger partial charge in [0.1, 0.15) is 0 Å². The molecule has 1 aliphatic heterocycles. The van der Waals surface area contributed by atoms with Crippen LogP contribution in [0.1, 0.15) is 39.5 Å². The summed E-state index contributed by atoms with van der Waals surface area (Å²) in [5.74, 6) is 0.830. The van der Waals surface area contributed by atoms with Gasteiger partial charge in [-0.15, -0.1) is 6.58 Å². The van der Waals surface area contributed by atoms with Crippen molar-refractivity contribution in [2.45, 2.75) is 45.6 Å². The molecule has 1 atom stereocenters. The van der Waals surface area contributed by atoms with Crippen LogP contribution in [0.15, 0.2) is 12.7 Å². The monoisotopic (exact) mass is 224 g/mol. The van der Waals surface area contributed by atoms with Gasteiger partial charge in [-0.1, -0.05) is 26.3 Å². The Morgan fingerprint density at radius 3 is 2.69 bits per heavy atom. The van der Waals surface area contributed by atoms with E-state index in [1.807, 2.05) is 6.08 Å². The molecule has 0 amide bonds. The molecule has 16 heavy (non-hydrogen) atoms. The maximum Gasteiger partial charge on any atom is 0.0160 e. The smallest absolute Gasteiger partial charge is 0.0160 e. The molecular weight excluding hydrogens is 196 g/mol. The fraction of sp³-hybridized carbons (Fsp3) is 0.857. The van der Waals surface area contributed by atoms with E-state index in [1.54, 1.807) is 0 Å². The lowest BCUT2D eigenvalue weighted by molar-refractivity contribution is 0.211. The quantitative estimate of drug-likeness (QED) is 0.669. The molecule has 0 aromatic carbocycles. The van der Waals surface area contributed by atoms with Crippen LogP contribution in [0.2, 0.25) is 0 Å². The van der Waals surface area contributed by atoms with E-state index in [1.165, 1.54) is 45.3 Å². The Hall–Kier alpha value is -0.340. The normalized spacial score (nSPS) is 20.9. The van der Waals surface area contributed by atoms with Crippen LogP contribution in [-0.4, -0.2) is 37.1 Å². The molecule has 1 heterocycles. The van der Waals surface area contributed by atoms with Gasteiger partial charge in [-0.05, 0) is 44.8 Å². The van der Waals surface area contributed by atoms with Crippen molar-refractivity contribution >= 4 is 0 Å². The van der Waals surface area contributed by atoms with Gasteiger partial charge in [0.15, 0.2) is 0 Å². The Balaban J connectivity index is 2.09. The van der Waals surface area contributed by atoms with Gasteiger partial charge in [0.2, 0.25) is 0 Å². The topological polar surface area (TPSA) is 15.3 Å². The van der Waals surface area contributed by atoms with Crippen LogP contribution in [-0.2, 0) is 0 Å². The predicted molar refractivity (Wildman–Crippen MR) is 71.7 cm³/mol. The predicted octanol–water partition coefficient (Wildman–Crippen LogP) is 2.66. The van der Waals surface area contributed by atoms with Crippen molar-refractivity contribution in [2.75, 3.05) is 26.2 Å². The first kappa shape index (κ1) is 13.7. The van der Waals surface area contributed by atoms with E-state index >= 15 is 0 Å². The fourth-order valence-corrected chi connectivity index (χ4v) is 2.46. The maximum absolute atomic E-state index is 3.80. The molecular formula is C14H28N2. The lowest BCUT2D eigenvalue weighted by atomic mass is 10.0. The van der Waals surface area contributed by atoms with Crippen LogP contribution >= 0.6 is 0 Å². The zero-order valence-electron chi connectivity index (χ0n) is 11.0. The summed E-state index contributed by atoms with van der Waals surface area (Å²) in [6.07, 6.45) is 7.26. The largest absolute Gasteiger partial charge is 0.314 e. The average Bonchev–Trinajstić information content (AvgIpc) is 2.29. The number of hydrogen-bond acceptors (Lipinski definition) is 2. The number of piperidine rings is 1. The summed E-state index contributed by atoms with van der Waals surface area (Å²) in [4.78, 5) is 2.49. The minimum absolute atomic E-state index is 0.750. The first-order valence-electron chi connectivity index (χ1n) is 6.82. The van der Waals surface area contributed by atoms with E-state index in [0.29, 0.717) is 0 Å². The second-order valence-electron chi connectivity index (χ2n) is 5.17. The van der Waals surface area contributed by atoms with E-state index in [-0.39, 0.29) is 0 Å². The third-order valence-electron chi connectivity index (χ3n) is 3.51. The molecule has 2 heteroatoms. The van der Waals surface area contributed by atoms with Gasteiger partial charge in [0, 0.05) is 12.6 Å². The first-order valence-corrected chi connectivity index (χ1v) is 6.82. The molecule has 0 radical (unpaired) electrons. The highest BCUT2D eigenvalue weighted by Gasteiger charge is 2.17. The molecule has 1 aliphatic rings. The van der Waals surface area contributed by atoms with Gasteiger partial charge in [0.25, 0.3) is 0 Å². The Bertz CT molecular complexity index is 183. The molecule has 0 spiro atoms. The van der Waals surface area contributed by atoms with Gasteiger partial charge in [-0.2, -0.15) is 0 Å². The third kappa shape index (κ3) is 5.13. The van der Waals surface area contributed by atoms with Crippen LogP contribution < -0.4 is 5.32 Å². The zero-order valence-corrected chi connectivity index (χ0v) is 11.0. The summed E-state index contributed by atoms with van der Waals surface area (Å²) in [6.45, 7) is 13.1. The van der Waals surface area contributed by atoms with E-state index in [4.69, 9.17) is 0 Å². The van der Waals surface area contributed by atoms with Gasteiger partial charge < -0.3 is 5.32 Å². The molecule has 0 aromatic heterocycles. The number of likely N-dealkylation sites (tertiary alicyclic amines) is 1. The molecule has 1 saturated heterocycles. The molecule has 1 N–H and O–H groups in total. The molecule has 1 rings (SSSR count). The van der Waals surface area contributed by atoms with Crippen molar-refractivity contribution in [1.82, 2.24) is 10.2 Å². The Kier molecular flexibility index (Phi) is 6.74. The Morgan fingerprint density at radius 2 is 2.12 bits per heavy atom. The second kappa shape index (κ2) is 7.86. The molecule has 1 fully saturated rings. The summed E-state index contributed by atoms with van der Waals surface area (Å²) in [5.41, 5.74) is 0. The molecule has 1 unspecified atom stereocenters. The van der Waals surface area contributed by atoms with Gasteiger partial charge in [-0.25, -0.2) is 0 Å². The minimum atomic E-state index is 0.750. The lowest BCUT2D eigenvalue weighted by Crippen LogP contribution is -2.43. The van der Waals surface area contributed by atoms with Gasteiger partial charge in [0.05, 0.1) is 0 Å². The van der Waals surface area contributed by atoms with Crippen molar-refractivity contribution in [3.63, 3.8) is 0 Å². The lowest BCUT2D eigenvalue weighted by Gasteiger charge is -2.32. The number of nitrogens with zero attached hydrogens (tertiary/aromatic N) is 1. The summed E-state index contributed by atoms with van der Waals surface area (Å²) in [6, 6.07) is 0.750. The minimum Gasteiger partial charge on any atom is -0.314 e. The highest BCUT2D eigenvalue weighted by atomic mass is 15.1. The molecule has 2 nitrogen and oxygen atoms in total. The van der Waals surface area contributed by atoms with Crippen molar-refractivity contribution in [3.8, 4) is 0 Å². The van der Waals surface area contributed by atoms with Crippen molar-refractivity contribution in [3.05, 3.63) is 12.7 Å². The summed E-state index contributed by atoms with van der Waals surface area (Å²) in [7, 11) is 0. The first-order chi connectivity index (χ1) is 7.76. The maximum atomic E-state index is 3.80. The summed E-state index contributed by atoms with van der Waals surface area (Å²) in [5, 5.41) is 3.72. The number of rotatable bonds is 7. The molecule has 94 valence electrons. The van der Waals surface area contributed by atoms with E-state index in [9.17, 15) is 0 Å². The van der Waals surface area contributed by atoms with Crippen molar-refractivity contribution < 1.29 is 0 Å². The van der Waals surface area contributed by atoms with Crippen molar-refractivity contribution in [2.24, 2.45) is 5.92 Å². The molecule has 0 aromatic rings. The van der Waals surface area contributed by atoms with Crippen LogP contribution in [0.5, 0.6) is 0 Å². The highest BCUT2D eigenvalue weighted by molar-refractivity contribution is 4.81. The average molecular weight is 224 g/mol. The summed E-state index contributed by atoms with van der Waals surface area (Å²) >= 11 is 0. The molecule has 0 aliphatic carbocycles. The third-order valence-corrected chi connectivity index (χ3v) is 3.51. The zero-order chi connectivity index (χ0) is 11.8. The summed E-state index contributed by atoms with van der Waals surface area (Å²) < 4.78 is 0. The van der Waals surface area contributed by atoms with Crippen LogP contribution in [0.3, 0.4) is 0 Å². The van der Waals surface area contributed by atoms with Crippen LogP contribution in [0.25, 0.3) is 0 Å². The van der Waals surface area contributed by atoms with E-state index in [0.717, 1.165) is 18.5 Å². The standard InChI is InChI=1S/C14H28N2/c1-4-6-13(3)12-15-14-7-10-16(9-5-2)11-8-14/h5,13-15H,2,4,6-12H2,1,3H3. The SMILES string of the molecule is C=CCN1CCC(NCC(C)CCC)CC1. The number of hydrogen-bond donors (Lipinski definition) is 1. The van der Waals surface area contributed by atoms with E-state index in [2.05, 4.69) is 30.6 Å². The Morgan fingerprint density at radius 1 is 1.44 bits per heavy atom. The van der Waals surface area contributed by atoms with Gasteiger partial charge >= 0.3 is 0 Å². The van der Waals surface area contributed by atoms with Gasteiger partial charge in [-0.3, -0.25) is 4.90 Å². The second-order valence-corrected chi connectivity index (χ2v) is 5.17. The van der Waals surface area contributed by atoms with Crippen molar-refractivity contribution in [1.29, 1.82) is 0 Å². The fourth-order valence-electron chi connectivity index (χ4n) is 2.46.